The quantitative estimate of drug-likeness (QED) is 0.589. The number of nitrogens with one attached hydrogen (secondary N) is 1. The highest BCUT2D eigenvalue weighted by atomic mass is 35.5. The fraction of sp³-hybridized carbons (Fsp3) is 0. The fourth-order valence-electron chi connectivity index (χ4n) is 1.38. The molecule has 0 saturated carbocycles. The van der Waals surface area contributed by atoms with Crippen molar-refractivity contribution in [3.63, 3.8) is 0 Å². The molecule has 8 heteroatoms. The molecular formula is C11H7ClN4O2S. The van der Waals surface area contributed by atoms with Crippen molar-refractivity contribution in [1.29, 1.82) is 0 Å². The highest BCUT2D eigenvalue weighted by Gasteiger charge is 2.06. The van der Waals surface area contributed by atoms with Crippen LogP contribution in [0.1, 0.15) is 0 Å². The van der Waals surface area contributed by atoms with Crippen molar-refractivity contribution in [2.24, 2.45) is 0 Å². The van der Waals surface area contributed by atoms with E-state index in [0.29, 0.717) is 5.13 Å². The zero-order valence-electron chi connectivity index (χ0n) is 9.41. The maximum atomic E-state index is 5.75. The van der Waals surface area contributed by atoms with Gasteiger partial charge in [-0.2, -0.15) is 5.48 Å². The zero-order valence-corrected chi connectivity index (χ0v) is 11.0. The standard InChI is InChI=1S/C11H7ClN4O2S/c12-9-10(14-6-5-13-9)17-18-16-11-15-7-3-1-2-4-8(7)19-11/h1-6H,(H,15,16). The Hall–Kier alpha value is -1.96. The number of thiazole rings is 1. The normalized spacial score (nSPS) is 10.6. The first-order valence-corrected chi connectivity index (χ1v) is 6.44. The summed E-state index contributed by atoms with van der Waals surface area (Å²) >= 11 is 7.19. The van der Waals surface area contributed by atoms with Gasteiger partial charge >= 0.3 is 0 Å². The van der Waals surface area contributed by atoms with E-state index in [1.54, 1.807) is 0 Å². The molecule has 0 aliphatic rings. The topological polar surface area (TPSA) is 69.2 Å². The van der Waals surface area contributed by atoms with Gasteiger partial charge in [-0.3, -0.25) is 4.89 Å². The van der Waals surface area contributed by atoms with Crippen LogP contribution < -0.4 is 10.4 Å². The second kappa shape index (κ2) is 5.35. The highest BCUT2D eigenvalue weighted by Crippen LogP contribution is 2.25. The molecule has 0 aliphatic carbocycles. The van der Waals surface area contributed by atoms with E-state index < -0.39 is 0 Å². The molecular weight excluding hydrogens is 288 g/mol. The fourth-order valence-corrected chi connectivity index (χ4v) is 2.31. The minimum Gasteiger partial charge on any atom is -0.290 e. The molecule has 0 radical (unpaired) electrons. The molecule has 19 heavy (non-hydrogen) atoms. The van der Waals surface area contributed by atoms with E-state index in [9.17, 15) is 0 Å². The summed E-state index contributed by atoms with van der Waals surface area (Å²) in [6, 6.07) is 7.75. The van der Waals surface area contributed by atoms with Crippen LogP contribution in [-0.2, 0) is 4.99 Å². The van der Waals surface area contributed by atoms with E-state index in [1.807, 2.05) is 24.3 Å². The Labute approximate surface area is 116 Å². The molecule has 0 bridgehead atoms. The minimum atomic E-state index is 0.0813. The van der Waals surface area contributed by atoms with Gasteiger partial charge in [0.15, 0.2) is 5.15 Å². The van der Waals surface area contributed by atoms with Crippen molar-refractivity contribution in [2.45, 2.75) is 0 Å². The van der Waals surface area contributed by atoms with Crippen LogP contribution in [-0.4, -0.2) is 15.0 Å². The first-order chi connectivity index (χ1) is 9.33. The second-order valence-electron chi connectivity index (χ2n) is 3.41. The van der Waals surface area contributed by atoms with Crippen molar-refractivity contribution in [3.05, 3.63) is 41.8 Å². The molecule has 2 aromatic heterocycles. The van der Waals surface area contributed by atoms with E-state index in [2.05, 4.69) is 20.4 Å². The third kappa shape index (κ3) is 2.73. The molecule has 0 saturated heterocycles. The molecule has 0 aliphatic heterocycles. The van der Waals surface area contributed by atoms with Crippen LogP contribution in [0.5, 0.6) is 5.88 Å². The average Bonchev–Trinajstić information content (AvgIpc) is 2.83. The first kappa shape index (κ1) is 12.1. The smallest absolute Gasteiger partial charge is 0.290 e. The number of hydrogen-bond acceptors (Lipinski definition) is 7. The summed E-state index contributed by atoms with van der Waals surface area (Å²) in [4.78, 5) is 21.7. The predicted octanol–water partition coefficient (Wildman–Crippen LogP) is 3.08. The molecule has 1 N–H and O–H groups in total. The molecule has 1 aromatic carbocycles. The van der Waals surface area contributed by atoms with Gasteiger partial charge in [0.1, 0.15) is 0 Å². The Morgan fingerprint density at radius 3 is 2.84 bits per heavy atom. The van der Waals surface area contributed by atoms with Crippen molar-refractivity contribution in [3.8, 4) is 5.88 Å². The van der Waals surface area contributed by atoms with Gasteiger partial charge in [-0.05, 0) is 12.1 Å². The van der Waals surface area contributed by atoms with Gasteiger partial charge in [0.05, 0.1) is 10.2 Å². The Morgan fingerprint density at radius 2 is 2.00 bits per heavy atom. The summed E-state index contributed by atoms with van der Waals surface area (Å²) in [7, 11) is 0. The monoisotopic (exact) mass is 294 g/mol. The molecule has 3 aromatic rings. The maximum Gasteiger partial charge on any atom is 0.296 e. The Kier molecular flexibility index (Phi) is 3.41. The van der Waals surface area contributed by atoms with Crippen LogP contribution >= 0.6 is 22.9 Å². The summed E-state index contributed by atoms with van der Waals surface area (Å²) in [5.74, 6) is 0.0813. The lowest BCUT2D eigenvalue weighted by atomic mass is 10.3. The van der Waals surface area contributed by atoms with Crippen LogP contribution in [0.4, 0.5) is 5.13 Å². The zero-order chi connectivity index (χ0) is 13.1. The van der Waals surface area contributed by atoms with Crippen molar-refractivity contribution in [1.82, 2.24) is 15.0 Å². The van der Waals surface area contributed by atoms with Crippen LogP contribution in [0.3, 0.4) is 0 Å². The molecule has 0 amide bonds. The summed E-state index contributed by atoms with van der Waals surface area (Å²) in [5, 5.41) is 0.690. The molecule has 0 spiro atoms. The summed E-state index contributed by atoms with van der Waals surface area (Å²) in [6.45, 7) is 0. The number of nitrogens with zero attached hydrogens (tertiary/aromatic N) is 3. The number of halogens is 1. The largest absolute Gasteiger partial charge is 0.296 e. The lowest BCUT2D eigenvalue weighted by molar-refractivity contribution is -0.182. The number of benzene rings is 1. The SMILES string of the molecule is Clc1nccnc1OONc1nc2ccccc2s1. The molecule has 0 unspecified atom stereocenters. The molecule has 0 atom stereocenters. The molecule has 2 heterocycles. The van der Waals surface area contributed by atoms with E-state index in [-0.39, 0.29) is 11.0 Å². The van der Waals surface area contributed by atoms with E-state index in [1.165, 1.54) is 23.7 Å². The maximum absolute atomic E-state index is 5.75. The van der Waals surface area contributed by atoms with Crippen LogP contribution in [0, 0.1) is 0 Å². The Morgan fingerprint density at radius 1 is 1.16 bits per heavy atom. The summed E-state index contributed by atoms with van der Waals surface area (Å²) < 4.78 is 1.05. The van der Waals surface area contributed by atoms with Crippen LogP contribution in [0.2, 0.25) is 5.15 Å². The number of anilines is 1. The first-order valence-electron chi connectivity index (χ1n) is 5.24. The number of fused-ring (bicyclic) bond motifs is 1. The van der Waals surface area contributed by atoms with Crippen LogP contribution in [0.25, 0.3) is 10.2 Å². The molecule has 3 rings (SSSR count). The van der Waals surface area contributed by atoms with Crippen molar-refractivity contribution >= 4 is 38.3 Å². The minimum absolute atomic E-state index is 0.0813. The lowest BCUT2D eigenvalue weighted by Crippen LogP contribution is -2.06. The van der Waals surface area contributed by atoms with Gasteiger partial charge in [-0.1, -0.05) is 40.1 Å². The molecule has 0 fully saturated rings. The van der Waals surface area contributed by atoms with Gasteiger partial charge in [0.2, 0.25) is 5.13 Å². The summed E-state index contributed by atoms with van der Waals surface area (Å²) in [5.41, 5.74) is 3.45. The number of rotatable bonds is 4. The predicted molar refractivity (Wildman–Crippen MR) is 72.0 cm³/mol. The number of aromatic nitrogens is 3. The van der Waals surface area contributed by atoms with Crippen molar-refractivity contribution < 1.29 is 9.88 Å². The van der Waals surface area contributed by atoms with Gasteiger partial charge in [0, 0.05) is 12.4 Å². The Balaban J connectivity index is 1.65. The van der Waals surface area contributed by atoms with E-state index in [4.69, 9.17) is 21.5 Å². The van der Waals surface area contributed by atoms with Gasteiger partial charge < -0.3 is 0 Å². The van der Waals surface area contributed by atoms with E-state index >= 15 is 0 Å². The van der Waals surface area contributed by atoms with E-state index in [0.717, 1.165) is 10.2 Å². The summed E-state index contributed by atoms with van der Waals surface area (Å²) in [6.07, 6.45) is 2.90. The third-order valence-electron chi connectivity index (χ3n) is 2.17. The average molecular weight is 295 g/mol. The van der Waals surface area contributed by atoms with Crippen LogP contribution in [0.15, 0.2) is 36.7 Å². The van der Waals surface area contributed by atoms with Gasteiger partial charge in [-0.25, -0.2) is 15.0 Å². The van der Waals surface area contributed by atoms with Gasteiger partial charge in [-0.15, -0.1) is 0 Å². The third-order valence-corrected chi connectivity index (χ3v) is 3.36. The van der Waals surface area contributed by atoms with Crippen molar-refractivity contribution in [2.75, 3.05) is 5.48 Å². The molecule has 6 nitrogen and oxygen atoms in total. The number of hydrogen-bond donors (Lipinski definition) is 1. The molecule has 96 valence electrons. The number of para-hydroxylation sites is 1. The second-order valence-corrected chi connectivity index (χ2v) is 4.80. The van der Waals surface area contributed by atoms with Gasteiger partial charge in [0.25, 0.3) is 5.88 Å². The lowest BCUT2D eigenvalue weighted by Gasteiger charge is -2.03. The highest BCUT2D eigenvalue weighted by molar-refractivity contribution is 7.22. The Bertz CT molecular complexity index is 673.